The van der Waals surface area contributed by atoms with Crippen molar-refractivity contribution in [1.82, 2.24) is 14.1 Å². The standard InChI is InChI=1S/C9H13N3O5S/c13-7-1-2-12(4-7)18(16,17)8-3-10-11(5-8)6-9(14)15/h3,5,7,13H,1-2,4,6H2,(H,14,15)/t7-/m1/s1. The van der Waals surface area contributed by atoms with Crippen molar-refractivity contribution in [3.8, 4) is 0 Å². The number of carboxylic acids is 1. The van der Waals surface area contributed by atoms with Gasteiger partial charge in [-0.1, -0.05) is 0 Å². The van der Waals surface area contributed by atoms with Crippen LogP contribution in [0.2, 0.25) is 0 Å². The van der Waals surface area contributed by atoms with E-state index in [2.05, 4.69) is 5.10 Å². The van der Waals surface area contributed by atoms with Gasteiger partial charge in [0.2, 0.25) is 10.0 Å². The van der Waals surface area contributed by atoms with Crippen molar-refractivity contribution in [2.24, 2.45) is 0 Å². The number of nitrogens with zero attached hydrogens (tertiary/aromatic N) is 3. The van der Waals surface area contributed by atoms with E-state index < -0.39 is 28.6 Å². The molecule has 0 unspecified atom stereocenters. The van der Waals surface area contributed by atoms with Crippen molar-refractivity contribution < 1.29 is 23.4 Å². The van der Waals surface area contributed by atoms with E-state index in [0.717, 1.165) is 10.9 Å². The van der Waals surface area contributed by atoms with Crippen molar-refractivity contribution >= 4 is 16.0 Å². The van der Waals surface area contributed by atoms with E-state index in [9.17, 15) is 18.3 Å². The summed E-state index contributed by atoms with van der Waals surface area (Å²) in [5.41, 5.74) is 0. The van der Waals surface area contributed by atoms with Gasteiger partial charge in [0.25, 0.3) is 0 Å². The van der Waals surface area contributed by atoms with Gasteiger partial charge in [-0.15, -0.1) is 0 Å². The first-order chi connectivity index (χ1) is 8.39. The molecular formula is C9H13N3O5S. The van der Waals surface area contributed by atoms with Gasteiger partial charge in [0.15, 0.2) is 0 Å². The molecule has 0 bridgehead atoms. The van der Waals surface area contributed by atoms with E-state index >= 15 is 0 Å². The van der Waals surface area contributed by atoms with Crippen molar-refractivity contribution in [1.29, 1.82) is 0 Å². The normalized spacial score (nSPS) is 21.3. The first-order valence-corrected chi connectivity index (χ1v) is 6.76. The number of hydrogen-bond acceptors (Lipinski definition) is 5. The number of β-amino-alcohol motifs (C(OH)–C–C–N with tert-alkyl or cyclic N) is 1. The molecule has 1 saturated heterocycles. The van der Waals surface area contributed by atoms with Gasteiger partial charge in [-0.3, -0.25) is 9.48 Å². The zero-order valence-corrected chi connectivity index (χ0v) is 10.2. The number of carbonyl (C=O) groups is 1. The highest BCUT2D eigenvalue weighted by Gasteiger charge is 2.32. The van der Waals surface area contributed by atoms with Crippen LogP contribution in [0.1, 0.15) is 6.42 Å². The number of rotatable bonds is 4. The number of aliphatic hydroxyl groups excluding tert-OH is 1. The number of aliphatic carboxylic acids is 1. The second kappa shape index (κ2) is 4.67. The SMILES string of the molecule is O=C(O)Cn1cc(S(=O)(=O)N2CC[C@@H](O)C2)cn1. The predicted molar refractivity (Wildman–Crippen MR) is 59.2 cm³/mol. The lowest BCUT2D eigenvalue weighted by Gasteiger charge is -2.13. The molecule has 2 rings (SSSR count). The molecular weight excluding hydrogens is 262 g/mol. The van der Waals surface area contributed by atoms with E-state index in [0.29, 0.717) is 6.42 Å². The molecule has 1 aromatic rings. The number of aromatic nitrogens is 2. The van der Waals surface area contributed by atoms with Crippen LogP contribution in [-0.2, 0) is 21.4 Å². The summed E-state index contributed by atoms with van der Waals surface area (Å²) in [6.07, 6.45) is 2.05. The molecule has 9 heteroatoms. The smallest absolute Gasteiger partial charge is 0.325 e. The van der Waals surface area contributed by atoms with Gasteiger partial charge in [0.05, 0.1) is 12.3 Å². The molecule has 0 aromatic carbocycles. The summed E-state index contributed by atoms with van der Waals surface area (Å²) in [5.74, 6) is -1.10. The van der Waals surface area contributed by atoms with Crippen LogP contribution in [0.5, 0.6) is 0 Å². The number of aliphatic hydroxyl groups is 1. The summed E-state index contributed by atoms with van der Waals surface area (Å²) >= 11 is 0. The molecule has 1 aliphatic rings. The van der Waals surface area contributed by atoms with Crippen LogP contribution in [0.4, 0.5) is 0 Å². The van der Waals surface area contributed by atoms with Crippen LogP contribution < -0.4 is 0 Å². The van der Waals surface area contributed by atoms with Gasteiger partial charge in [0.1, 0.15) is 11.4 Å². The Balaban J connectivity index is 2.20. The molecule has 1 aliphatic heterocycles. The van der Waals surface area contributed by atoms with Gasteiger partial charge < -0.3 is 10.2 Å². The van der Waals surface area contributed by atoms with E-state index in [1.165, 1.54) is 10.5 Å². The Morgan fingerprint density at radius 2 is 2.28 bits per heavy atom. The molecule has 0 saturated carbocycles. The van der Waals surface area contributed by atoms with Crippen LogP contribution in [0.15, 0.2) is 17.3 Å². The topological polar surface area (TPSA) is 113 Å². The fourth-order valence-electron chi connectivity index (χ4n) is 1.78. The van der Waals surface area contributed by atoms with Gasteiger partial charge in [-0.05, 0) is 6.42 Å². The Bertz CT molecular complexity index is 552. The molecule has 1 fully saturated rings. The zero-order chi connectivity index (χ0) is 13.3. The average molecular weight is 275 g/mol. The molecule has 8 nitrogen and oxygen atoms in total. The molecule has 0 amide bonds. The maximum Gasteiger partial charge on any atom is 0.325 e. The Morgan fingerprint density at radius 1 is 1.56 bits per heavy atom. The van der Waals surface area contributed by atoms with E-state index in [1.807, 2.05) is 0 Å². The van der Waals surface area contributed by atoms with Crippen molar-refractivity contribution in [2.45, 2.75) is 24.0 Å². The predicted octanol–water partition coefficient (Wildman–Crippen LogP) is -1.28. The molecule has 18 heavy (non-hydrogen) atoms. The van der Waals surface area contributed by atoms with Crippen molar-refractivity contribution in [3.63, 3.8) is 0 Å². The first-order valence-electron chi connectivity index (χ1n) is 5.32. The Hall–Kier alpha value is -1.45. The summed E-state index contributed by atoms with van der Waals surface area (Å²) < 4.78 is 26.4. The molecule has 2 heterocycles. The van der Waals surface area contributed by atoms with Crippen LogP contribution in [0.25, 0.3) is 0 Å². The lowest BCUT2D eigenvalue weighted by Crippen LogP contribution is -2.29. The van der Waals surface area contributed by atoms with Gasteiger partial charge in [0, 0.05) is 19.3 Å². The number of hydrogen-bond donors (Lipinski definition) is 2. The third-order valence-electron chi connectivity index (χ3n) is 2.67. The maximum atomic E-state index is 12.1. The lowest BCUT2D eigenvalue weighted by atomic mass is 10.3. The van der Waals surface area contributed by atoms with Crippen LogP contribution >= 0.6 is 0 Å². The van der Waals surface area contributed by atoms with Crippen LogP contribution in [0, 0.1) is 0 Å². The second-order valence-electron chi connectivity index (χ2n) is 4.07. The maximum absolute atomic E-state index is 12.1. The van der Waals surface area contributed by atoms with Gasteiger partial charge in [-0.25, -0.2) is 8.42 Å². The highest BCUT2D eigenvalue weighted by Crippen LogP contribution is 2.20. The van der Waals surface area contributed by atoms with Crippen LogP contribution in [-0.4, -0.2) is 57.9 Å². The molecule has 1 aromatic heterocycles. The molecule has 100 valence electrons. The molecule has 0 radical (unpaired) electrons. The van der Waals surface area contributed by atoms with E-state index in [4.69, 9.17) is 5.11 Å². The fourth-order valence-corrected chi connectivity index (χ4v) is 3.23. The molecule has 0 aliphatic carbocycles. The van der Waals surface area contributed by atoms with E-state index in [-0.39, 0.29) is 18.0 Å². The Labute approximate surface area is 103 Å². The van der Waals surface area contributed by atoms with Crippen LogP contribution in [0.3, 0.4) is 0 Å². The van der Waals surface area contributed by atoms with Crippen molar-refractivity contribution in [2.75, 3.05) is 13.1 Å². The minimum absolute atomic E-state index is 0.0575. The number of carboxylic acid groups (broad SMARTS) is 1. The molecule has 0 spiro atoms. The summed E-state index contributed by atoms with van der Waals surface area (Å²) in [4.78, 5) is 10.4. The molecule has 2 N–H and O–H groups in total. The zero-order valence-electron chi connectivity index (χ0n) is 9.43. The minimum atomic E-state index is -3.69. The summed E-state index contributed by atoms with van der Waals surface area (Å²) in [5, 5.41) is 21.6. The highest BCUT2D eigenvalue weighted by atomic mass is 32.2. The summed E-state index contributed by atoms with van der Waals surface area (Å²) in [6.45, 7) is -0.0712. The lowest BCUT2D eigenvalue weighted by molar-refractivity contribution is -0.137. The van der Waals surface area contributed by atoms with Gasteiger partial charge in [-0.2, -0.15) is 9.40 Å². The summed E-state index contributed by atoms with van der Waals surface area (Å²) in [6, 6.07) is 0. The summed E-state index contributed by atoms with van der Waals surface area (Å²) in [7, 11) is -3.69. The minimum Gasteiger partial charge on any atom is -0.480 e. The second-order valence-corrected chi connectivity index (χ2v) is 6.01. The first kappa shape index (κ1) is 13.0. The Kier molecular flexibility index (Phi) is 3.37. The third kappa shape index (κ3) is 2.52. The average Bonchev–Trinajstić information content (AvgIpc) is 2.86. The third-order valence-corrected chi connectivity index (χ3v) is 4.49. The fraction of sp³-hybridized carbons (Fsp3) is 0.556. The van der Waals surface area contributed by atoms with Crippen molar-refractivity contribution in [3.05, 3.63) is 12.4 Å². The Morgan fingerprint density at radius 3 is 2.83 bits per heavy atom. The number of sulfonamides is 1. The van der Waals surface area contributed by atoms with Gasteiger partial charge >= 0.3 is 5.97 Å². The van der Waals surface area contributed by atoms with E-state index in [1.54, 1.807) is 0 Å². The molecule has 1 atom stereocenters. The highest BCUT2D eigenvalue weighted by molar-refractivity contribution is 7.89. The largest absolute Gasteiger partial charge is 0.480 e. The monoisotopic (exact) mass is 275 g/mol. The quantitative estimate of drug-likeness (QED) is 0.708.